The summed E-state index contributed by atoms with van der Waals surface area (Å²) in [5.41, 5.74) is 2.54. The number of amides is 1. The zero-order chi connectivity index (χ0) is 19.3. The third kappa shape index (κ3) is 5.26. The maximum Gasteiger partial charge on any atom is 0.277 e. The Kier molecular flexibility index (Phi) is 6.69. The van der Waals surface area contributed by atoms with E-state index in [0.29, 0.717) is 12.1 Å². The SMILES string of the molecule is C[C@H]([NH2+]CC(=O)N(C)Cc1ccc(N(C)C)cc1)c1ccc(F)cc1F. The van der Waals surface area contributed by atoms with Crippen molar-refractivity contribution in [1.82, 2.24) is 4.90 Å². The molecule has 0 saturated heterocycles. The maximum absolute atomic E-state index is 13.8. The summed E-state index contributed by atoms with van der Waals surface area (Å²) in [6.07, 6.45) is 0. The molecule has 2 rings (SSSR count). The van der Waals surface area contributed by atoms with E-state index < -0.39 is 11.6 Å². The second-order valence-corrected chi connectivity index (χ2v) is 6.71. The molecule has 1 atom stereocenters. The van der Waals surface area contributed by atoms with Gasteiger partial charge in [-0.3, -0.25) is 4.79 Å². The third-order valence-corrected chi connectivity index (χ3v) is 4.40. The molecule has 2 N–H and O–H groups in total. The lowest BCUT2D eigenvalue weighted by Crippen LogP contribution is -2.87. The van der Waals surface area contributed by atoms with Crippen molar-refractivity contribution in [2.24, 2.45) is 0 Å². The summed E-state index contributed by atoms with van der Waals surface area (Å²) in [4.78, 5) is 16.0. The lowest BCUT2D eigenvalue weighted by atomic mass is 10.1. The van der Waals surface area contributed by atoms with Crippen LogP contribution >= 0.6 is 0 Å². The van der Waals surface area contributed by atoms with Gasteiger partial charge in [-0.15, -0.1) is 0 Å². The Balaban J connectivity index is 1.88. The molecule has 0 aromatic heterocycles. The van der Waals surface area contributed by atoms with Crippen LogP contribution in [0.1, 0.15) is 24.1 Å². The summed E-state index contributed by atoms with van der Waals surface area (Å²) < 4.78 is 26.8. The molecule has 2 aromatic carbocycles. The van der Waals surface area contributed by atoms with Crippen molar-refractivity contribution in [3.63, 3.8) is 0 Å². The molecule has 140 valence electrons. The monoisotopic (exact) mass is 362 g/mol. The van der Waals surface area contributed by atoms with Crippen molar-refractivity contribution in [2.75, 3.05) is 32.6 Å². The van der Waals surface area contributed by atoms with E-state index >= 15 is 0 Å². The van der Waals surface area contributed by atoms with Crippen LogP contribution in [-0.4, -0.2) is 38.5 Å². The smallest absolute Gasteiger partial charge is 0.277 e. The van der Waals surface area contributed by atoms with Crippen LogP contribution in [0, 0.1) is 11.6 Å². The van der Waals surface area contributed by atoms with Crippen LogP contribution < -0.4 is 10.2 Å². The lowest BCUT2D eigenvalue weighted by Gasteiger charge is -2.19. The summed E-state index contributed by atoms with van der Waals surface area (Å²) >= 11 is 0. The highest BCUT2D eigenvalue weighted by atomic mass is 19.1. The highest BCUT2D eigenvalue weighted by Crippen LogP contribution is 2.15. The number of nitrogens with zero attached hydrogens (tertiary/aromatic N) is 2. The first-order chi connectivity index (χ1) is 12.3. The second-order valence-electron chi connectivity index (χ2n) is 6.71. The van der Waals surface area contributed by atoms with Gasteiger partial charge < -0.3 is 15.1 Å². The van der Waals surface area contributed by atoms with Crippen LogP contribution in [-0.2, 0) is 11.3 Å². The van der Waals surface area contributed by atoms with Crippen LogP contribution in [0.5, 0.6) is 0 Å². The van der Waals surface area contributed by atoms with Gasteiger partial charge in [0.05, 0.1) is 0 Å². The highest BCUT2D eigenvalue weighted by Gasteiger charge is 2.18. The number of hydrogen-bond donors (Lipinski definition) is 1. The van der Waals surface area contributed by atoms with E-state index in [2.05, 4.69) is 0 Å². The van der Waals surface area contributed by atoms with Crippen LogP contribution in [0.25, 0.3) is 0 Å². The fourth-order valence-corrected chi connectivity index (χ4v) is 2.69. The van der Waals surface area contributed by atoms with Gasteiger partial charge in [-0.2, -0.15) is 0 Å². The summed E-state index contributed by atoms with van der Waals surface area (Å²) in [5, 5.41) is 1.75. The van der Waals surface area contributed by atoms with Gasteiger partial charge >= 0.3 is 0 Å². The van der Waals surface area contributed by atoms with E-state index in [0.717, 1.165) is 17.3 Å². The summed E-state index contributed by atoms with van der Waals surface area (Å²) in [6.45, 7) is 2.51. The van der Waals surface area contributed by atoms with Crippen molar-refractivity contribution in [2.45, 2.75) is 19.5 Å². The van der Waals surface area contributed by atoms with E-state index in [9.17, 15) is 13.6 Å². The first kappa shape index (κ1) is 19.8. The molecule has 6 heteroatoms. The van der Waals surface area contributed by atoms with Crippen molar-refractivity contribution in [1.29, 1.82) is 0 Å². The molecule has 0 bridgehead atoms. The molecule has 0 unspecified atom stereocenters. The Morgan fingerprint density at radius 1 is 1.08 bits per heavy atom. The molecule has 0 spiro atoms. The molecule has 0 heterocycles. The number of halogens is 2. The van der Waals surface area contributed by atoms with Crippen molar-refractivity contribution in [3.8, 4) is 0 Å². The first-order valence-electron chi connectivity index (χ1n) is 8.56. The minimum Gasteiger partial charge on any atom is -0.378 e. The number of nitrogens with two attached hydrogens (primary N) is 1. The van der Waals surface area contributed by atoms with Crippen molar-refractivity contribution in [3.05, 3.63) is 65.2 Å². The Bertz CT molecular complexity index is 747. The Labute approximate surface area is 153 Å². The average molecular weight is 362 g/mol. The predicted octanol–water partition coefficient (Wildman–Crippen LogP) is 2.31. The molecule has 0 aliphatic heterocycles. The molecule has 0 aliphatic carbocycles. The van der Waals surface area contributed by atoms with E-state index in [1.165, 1.54) is 12.1 Å². The topological polar surface area (TPSA) is 40.2 Å². The zero-order valence-electron chi connectivity index (χ0n) is 15.7. The number of rotatable bonds is 7. The van der Waals surface area contributed by atoms with E-state index in [-0.39, 0.29) is 18.5 Å². The molecule has 4 nitrogen and oxygen atoms in total. The predicted molar refractivity (Wildman–Crippen MR) is 98.8 cm³/mol. The van der Waals surface area contributed by atoms with Gasteiger partial charge in [-0.05, 0) is 36.8 Å². The number of hydrogen-bond acceptors (Lipinski definition) is 2. The molecule has 0 radical (unpaired) electrons. The molecule has 1 amide bonds. The summed E-state index contributed by atoms with van der Waals surface area (Å²) in [7, 11) is 5.70. The Morgan fingerprint density at radius 3 is 2.31 bits per heavy atom. The second kappa shape index (κ2) is 8.76. The number of carbonyl (C=O) groups is 1. The number of benzene rings is 2. The van der Waals surface area contributed by atoms with Crippen molar-refractivity contribution >= 4 is 11.6 Å². The van der Waals surface area contributed by atoms with Crippen LogP contribution in [0.2, 0.25) is 0 Å². The molecular weight excluding hydrogens is 336 g/mol. The standard InChI is InChI=1S/C20H25F2N3O/c1-14(18-10-7-16(21)11-19(18)22)23-12-20(26)25(4)13-15-5-8-17(9-6-15)24(2)3/h5-11,14,23H,12-13H2,1-4H3/p+1/t14-/m0/s1. The number of anilines is 1. The molecule has 0 aliphatic rings. The van der Waals surface area contributed by atoms with Gasteiger partial charge in [0.2, 0.25) is 0 Å². The fraction of sp³-hybridized carbons (Fsp3) is 0.350. The largest absolute Gasteiger partial charge is 0.378 e. The molecule has 26 heavy (non-hydrogen) atoms. The average Bonchev–Trinajstić information content (AvgIpc) is 2.59. The number of carbonyl (C=O) groups excluding carboxylic acids is 1. The molecular formula is C20H26F2N3O+. The lowest BCUT2D eigenvalue weighted by molar-refractivity contribution is -0.683. The van der Waals surface area contributed by atoms with Gasteiger partial charge in [-0.25, -0.2) is 8.78 Å². The normalized spacial score (nSPS) is 11.9. The zero-order valence-corrected chi connectivity index (χ0v) is 15.7. The van der Waals surface area contributed by atoms with E-state index in [1.807, 2.05) is 43.3 Å². The van der Waals surface area contributed by atoms with Crippen LogP contribution in [0.15, 0.2) is 42.5 Å². The molecule has 2 aromatic rings. The minimum atomic E-state index is -0.602. The molecule has 0 fully saturated rings. The Hall–Kier alpha value is -2.47. The molecule has 0 saturated carbocycles. The first-order valence-corrected chi connectivity index (χ1v) is 8.56. The Morgan fingerprint density at radius 2 is 1.73 bits per heavy atom. The van der Waals surface area contributed by atoms with Crippen LogP contribution in [0.4, 0.5) is 14.5 Å². The van der Waals surface area contributed by atoms with Gasteiger partial charge in [0, 0.05) is 45.0 Å². The highest BCUT2D eigenvalue weighted by molar-refractivity contribution is 5.76. The summed E-state index contributed by atoms with van der Waals surface area (Å²) in [5.74, 6) is -1.24. The van der Waals surface area contributed by atoms with E-state index in [1.54, 1.807) is 24.2 Å². The van der Waals surface area contributed by atoms with Gasteiger partial charge in [0.1, 0.15) is 17.7 Å². The maximum atomic E-state index is 13.8. The fourth-order valence-electron chi connectivity index (χ4n) is 2.69. The van der Waals surface area contributed by atoms with Gasteiger partial charge in [0.15, 0.2) is 6.54 Å². The number of likely N-dealkylation sites (N-methyl/N-ethyl adjacent to an activating group) is 1. The van der Waals surface area contributed by atoms with Crippen molar-refractivity contribution < 1.29 is 18.9 Å². The quantitative estimate of drug-likeness (QED) is 0.821. The van der Waals surface area contributed by atoms with Gasteiger partial charge in [0.25, 0.3) is 5.91 Å². The number of quaternary nitrogens is 1. The van der Waals surface area contributed by atoms with Gasteiger partial charge in [-0.1, -0.05) is 12.1 Å². The van der Waals surface area contributed by atoms with Crippen LogP contribution in [0.3, 0.4) is 0 Å². The van der Waals surface area contributed by atoms with E-state index in [4.69, 9.17) is 0 Å². The summed E-state index contributed by atoms with van der Waals surface area (Å²) in [6, 6.07) is 11.3. The minimum absolute atomic E-state index is 0.0453. The third-order valence-electron chi connectivity index (χ3n) is 4.40.